The average Bonchev–Trinajstić information content (AvgIpc) is 3.04. The van der Waals surface area contributed by atoms with E-state index < -0.39 is 29.7 Å². The Balaban J connectivity index is 1.53. The van der Waals surface area contributed by atoms with Crippen LogP contribution in [0.15, 0.2) is 34.0 Å². The maximum absolute atomic E-state index is 12.1. The molecule has 0 radical (unpaired) electrons. The number of H-pyrrole nitrogens is 1. The van der Waals surface area contributed by atoms with Crippen molar-refractivity contribution in [3.63, 3.8) is 0 Å². The number of halogens is 2. The van der Waals surface area contributed by atoms with E-state index in [0.717, 1.165) is 0 Å². The molecule has 0 amide bonds. The van der Waals surface area contributed by atoms with E-state index in [1.54, 1.807) is 18.2 Å². The van der Waals surface area contributed by atoms with Crippen LogP contribution in [0, 0.1) is 0 Å². The van der Waals surface area contributed by atoms with Gasteiger partial charge in [-0.15, -0.1) is 0 Å². The Bertz CT molecular complexity index is 993. The highest BCUT2D eigenvalue weighted by Gasteiger charge is 2.35. The zero-order valence-corrected chi connectivity index (χ0v) is 18.2. The number of benzene rings is 1. The molecular formula is C20H25Cl2N3O5. The number of aryl methyl sites for hydroxylation is 1. The number of aromatic amines is 1. The third-order valence-electron chi connectivity index (χ3n) is 4.94. The van der Waals surface area contributed by atoms with Gasteiger partial charge in [0.05, 0.1) is 17.2 Å². The molecule has 0 aliphatic carbocycles. The molecule has 1 unspecified atom stereocenters. The standard InChI is InChI=1S/C20H25Cl2N3O5/c1-3-12-10-25(20(28)24-19(12)27)18-7-15(26)17(30-18)9-23-8-11(2)29-16-5-4-13(21)6-14(16)22/h4-6,10-11,15,17-18,23,26H,3,7-9H2,1-2H3,(H,24,27,28)/t11?,15-,17+,18+/m0/s1. The molecule has 8 nitrogen and oxygen atoms in total. The summed E-state index contributed by atoms with van der Waals surface area (Å²) in [7, 11) is 0. The first-order valence-corrected chi connectivity index (χ1v) is 10.5. The Morgan fingerprint density at radius 3 is 2.87 bits per heavy atom. The Labute approximate surface area is 183 Å². The van der Waals surface area contributed by atoms with Gasteiger partial charge < -0.3 is 19.9 Å². The summed E-state index contributed by atoms with van der Waals surface area (Å²) in [5, 5.41) is 14.5. The molecule has 10 heteroatoms. The maximum Gasteiger partial charge on any atom is 0.330 e. The first-order chi connectivity index (χ1) is 14.3. The van der Waals surface area contributed by atoms with Gasteiger partial charge in [-0.25, -0.2) is 4.79 Å². The molecule has 1 saturated heterocycles. The van der Waals surface area contributed by atoms with E-state index in [0.29, 0.717) is 40.9 Å². The number of aliphatic hydroxyl groups excluding tert-OH is 1. The summed E-state index contributed by atoms with van der Waals surface area (Å²) in [6.07, 6.45) is 0.188. The average molecular weight is 458 g/mol. The highest BCUT2D eigenvalue weighted by Crippen LogP contribution is 2.29. The number of nitrogens with zero attached hydrogens (tertiary/aromatic N) is 1. The molecule has 4 atom stereocenters. The molecule has 0 bridgehead atoms. The van der Waals surface area contributed by atoms with Crippen LogP contribution in [0.1, 0.15) is 32.1 Å². The van der Waals surface area contributed by atoms with E-state index in [-0.39, 0.29) is 12.5 Å². The second kappa shape index (κ2) is 9.98. The summed E-state index contributed by atoms with van der Waals surface area (Å²) in [6, 6.07) is 5.03. The molecule has 0 spiro atoms. The molecule has 1 fully saturated rings. The van der Waals surface area contributed by atoms with Crippen LogP contribution in [-0.4, -0.2) is 46.1 Å². The second-order valence-corrected chi connectivity index (χ2v) is 8.11. The van der Waals surface area contributed by atoms with Gasteiger partial charge in [0.25, 0.3) is 5.56 Å². The lowest BCUT2D eigenvalue weighted by molar-refractivity contribution is -0.0199. The number of nitrogens with one attached hydrogen (secondary N) is 2. The van der Waals surface area contributed by atoms with Gasteiger partial charge in [0.15, 0.2) is 0 Å². The summed E-state index contributed by atoms with van der Waals surface area (Å²) >= 11 is 12.0. The molecule has 30 heavy (non-hydrogen) atoms. The van der Waals surface area contributed by atoms with E-state index in [4.69, 9.17) is 32.7 Å². The zero-order chi connectivity index (χ0) is 21.8. The minimum atomic E-state index is -0.742. The van der Waals surface area contributed by atoms with Crippen LogP contribution in [0.4, 0.5) is 0 Å². The van der Waals surface area contributed by atoms with Crippen molar-refractivity contribution < 1.29 is 14.6 Å². The highest BCUT2D eigenvalue weighted by atomic mass is 35.5. The van der Waals surface area contributed by atoms with Crippen molar-refractivity contribution in [2.24, 2.45) is 0 Å². The van der Waals surface area contributed by atoms with Crippen molar-refractivity contribution in [3.05, 3.63) is 60.8 Å². The van der Waals surface area contributed by atoms with Crippen LogP contribution in [-0.2, 0) is 11.2 Å². The highest BCUT2D eigenvalue weighted by molar-refractivity contribution is 6.35. The van der Waals surface area contributed by atoms with E-state index in [2.05, 4.69) is 10.3 Å². The van der Waals surface area contributed by atoms with Gasteiger partial charge in [-0.3, -0.25) is 14.3 Å². The Morgan fingerprint density at radius 1 is 1.40 bits per heavy atom. The van der Waals surface area contributed by atoms with Crippen LogP contribution in [0.3, 0.4) is 0 Å². The summed E-state index contributed by atoms with van der Waals surface area (Å²) < 4.78 is 13.0. The quantitative estimate of drug-likeness (QED) is 0.560. The molecule has 3 rings (SSSR count). The van der Waals surface area contributed by atoms with Crippen molar-refractivity contribution in [1.29, 1.82) is 0 Å². The SMILES string of the molecule is CCc1cn([C@H]2C[C@H](O)[C@@H](CNCC(C)Oc3ccc(Cl)cc3Cl)O2)c(=O)[nH]c1=O. The number of ether oxygens (including phenoxy) is 2. The van der Waals surface area contributed by atoms with Gasteiger partial charge in [0.1, 0.15) is 18.1 Å². The van der Waals surface area contributed by atoms with Crippen LogP contribution >= 0.6 is 23.2 Å². The van der Waals surface area contributed by atoms with Crippen molar-refractivity contribution >= 4 is 23.2 Å². The maximum atomic E-state index is 12.1. The zero-order valence-electron chi connectivity index (χ0n) is 16.7. The first-order valence-electron chi connectivity index (χ1n) is 9.78. The molecule has 2 aromatic rings. The monoisotopic (exact) mass is 457 g/mol. The van der Waals surface area contributed by atoms with Gasteiger partial charge in [0, 0.05) is 36.3 Å². The van der Waals surface area contributed by atoms with Crippen LogP contribution in [0.2, 0.25) is 10.0 Å². The molecular weight excluding hydrogens is 433 g/mol. The second-order valence-electron chi connectivity index (χ2n) is 7.27. The summed E-state index contributed by atoms with van der Waals surface area (Å²) in [6.45, 7) is 4.59. The van der Waals surface area contributed by atoms with E-state index in [1.807, 2.05) is 13.8 Å². The molecule has 1 aromatic carbocycles. The van der Waals surface area contributed by atoms with Crippen molar-refractivity contribution in [2.75, 3.05) is 13.1 Å². The third-order valence-corrected chi connectivity index (χ3v) is 5.47. The largest absolute Gasteiger partial charge is 0.488 e. The minimum absolute atomic E-state index is 0.188. The number of aliphatic hydroxyl groups is 1. The van der Waals surface area contributed by atoms with Crippen LogP contribution in [0.5, 0.6) is 5.75 Å². The Hall–Kier alpha value is -1.84. The van der Waals surface area contributed by atoms with Crippen molar-refractivity contribution in [3.8, 4) is 5.75 Å². The van der Waals surface area contributed by atoms with Gasteiger partial charge in [-0.05, 0) is 31.5 Å². The van der Waals surface area contributed by atoms with E-state index >= 15 is 0 Å². The smallest absolute Gasteiger partial charge is 0.330 e. The lowest BCUT2D eigenvalue weighted by Gasteiger charge is -2.20. The molecule has 1 aromatic heterocycles. The fraction of sp³-hybridized carbons (Fsp3) is 0.500. The predicted octanol–water partition coefficient (Wildman–Crippen LogP) is 2.11. The molecule has 1 aliphatic heterocycles. The number of hydrogen-bond acceptors (Lipinski definition) is 6. The number of rotatable bonds is 8. The van der Waals surface area contributed by atoms with Crippen LogP contribution < -0.4 is 21.3 Å². The van der Waals surface area contributed by atoms with Crippen LogP contribution in [0.25, 0.3) is 0 Å². The molecule has 2 heterocycles. The van der Waals surface area contributed by atoms with Crippen molar-refractivity contribution in [2.45, 2.75) is 51.2 Å². The molecule has 164 valence electrons. The lowest BCUT2D eigenvalue weighted by atomic mass is 10.1. The predicted molar refractivity (Wildman–Crippen MR) is 115 cm³/mol. The Morgan fingerprint density at radius 2 is 2.17 bits per heavy atom. The normalized spacial score (nSPS) is 22.2. The summed E-state index contributed by atoms with van der Waals surface area (Å²) in [5.74, 6) is 0.539. The minimum Gasteiger partial charge on any atom is -0.488 e. The first kappa shape index (κ1) is 22.8. The molecule has 3 N–H and O–H groups in total. The molecule has 0 saturated carbocycles. The summed E-state index contributed by atoms with van der Waals surface area (Å²) in [4.78, 5) is 26.2. The van der Waals surface area contributed by atoms with E-state index in [9.17, 15) is 14.7 Å². The number of aromatic nitrogens is 2. The summed E-state index contributed by atoms with van der Waals surface area (Å²) in [5.41, 5.74) is -0.462. The fourth-order valence-electron chi connectivity index (χ4n) is 3.32. The topological polar surface area (TPSA) is 106 Å². The molecule has 1 aliphatic rings. The van der Waals surface area contributed by atoms with E-state index in [1.165, 1.54) is 10.8 Å². The lowest BCUT2D eigenvalue weighted by Crippen LogP contribution is -2.38. The van der Waals surface area contributed by atoms with Crippen molar-refractivity contribution in [1.82, 2.24) is 14.9 Å². The fourth-order valence-corrected chi connectivity index (χ4v) is 3.77. The van der Waals surface area contributed by atoms with Gasteiger partial charge >= 0.3 is 5.69 Å². The van der Waals surface area contributed by atoms with Gasteiger partial charge in [-0.1, -0.05) is 30.1 Å². The number of hydrogen-bond donors (Lipinski definition) is 3. The third kappa shape index (κ3) is 5.44. The van der Waals surface area contributed by atoms with Gasteiger partial charge in [-0.2, -0.15) is 0 Å². The van der Waals surface area contributed by atoms with Gasteiger partial charge in [0.2, 0.25) is 0 Å². The Kier molecular flexibility index (Phi) is 7.60.